The van der Waals surface area contributed by atoms with Crippen LogP contribution in [-0.4, -0.2) is 20.3 Å². The molecule has 1 aliphatic carbocycles. The van der Waals surface area contributed by atoms with E-state index in [-0.39, 0.29) is 30.7 Å². The molecule has 6 nitrogen and oxygen atoms in total. The van der Waals surface area contributed by atoms with Crippen LogP contribution in [-0.2, 0) is 17.9 Å². The van der Waals surface area contributed by atoms with E-state index in [0.717, 1.165) is 18.4 Å². The molecule has 0 aliphatic heterocycles. The fraction of sp³-hybridized carbons (Fsp3) is 0.250. The normalized spacial score (nSPS) is 13.5. The summed E-state index contributed by atoms with van der Waals surface area (Å²) in [4.78, 5) is 25.3. The van der Waals surface area contributed by atoms with Crippen LogP contribution in [0.3, 0.4) is 0 Å². The van der Waals surface area contributed by atoms with Gasteiger partial charge in [0.2, 0.25) is 5.91 Å². The van der Waals surface area contributed by atoms with E-state index < -0.39 is 0 Å². The van der Waals surface area contributed by atoms with Crippen LogP contribution >= 0.6 is 34.8 Å². The fourth-order valence-corrected chi connectivity index (χ4v) is 3.72. The Morgan fingerprint density at radius 1 is 1.07 bits per heavy atom. The van der Waals surface area contributed by atoms with Crippen LogP contribution in [0.1, 0.15) is 24.4 Å². The first-order valence-electron chi connectivity index (χ1n) is 9.09. The lowest BCUT2D eigenvalue weighted by Crippen LogP contribution is -2.33. The number of nitrogens with zero attached hydrogens (tertiary/aromatic N) is 3. The van der Waals surface area contributed by atoms with Gasteiger partial charge in [-0.1, -0.05) is 40.9 Å². The Balaban J connectivity index is 1.54. The van der Waals surface area contributed by atoms with E-state index in [1.165, 1.54) is 4.68 Å². The molecular weight excluding hydrogens is 435 g/mol. The monoisotopic (exact) mass is 450 g/mol. The molecule has 3 aromatic rings. The summed E-state index contributed by atoms with van der Waals surface area (Å²) in [6, 6.07) is 12.4. The van der Waals surface area contributed by atoms with E-state index in [1.54, 1.807) is 34.9 Å². The van der Waals surface area contributed by atoms with Gasteiger partial charge < -0.3 is 5.32 Å². The average molecular weight is 452 g/mol. The lowest BCUT2D eigenvalue weighted by atomic mass is 10.2. The second-order valence-corrected chi connectivity index (χ2v) is 8.10. The first kappa shape index (κ1) is 20.0. The molecule has 150 valence electrons. The molecule has 1 aromatic heterocycles. The smallest absolute Gasteiger partial charge is 0.346 e. The molecule has 1 amide bonds. The largest absolute Gasteiger partial charge is 0.350 e. The third-order valence-corrected chi connectivity index (χ3v) is 5.66. The minimum atomic E-state index is -0.355. The van der Waals surface area contributed by atoms with E-state index in [0.29, 0.717) is 26.5 Å². The highest BCUT2D eigenvalue weighted by atomic mass is 35.5. The zero-order valence-corrected chi connectivity index (χ0v) is 17.5. The van der Waals surface area contributed by atoms with E-state index in [2.05, 4.69) is 10.4 Å². The van der Waals surface area contributed by atoms with Gasteiger partial charge in [0.25, 0.3) is 0 Å². The predicted octanol–water partition coefficient (Wildman–Crippen LogP) is 4.32. The van der Waals surface area contributed by atoms with Crippen molar-refractivity contribution >= 4 is 40.7 Å². The van der Waals surface area contributed by atoms with Crippen molar-refractivity contribution < 1.29 is 4.79 Å². The minimum Gasteiger partial charge on any atom is -0.350 e. The van der Waals surface area contributed by atoms with Crippen molar-refractivity contribution in [1.82, 2.24) is 19.7 Å². The van der Waals surface area contributed by atoms with Crippen molar-refractivity contribution in [3.8, 4) is 11.4 Å². The van der Waals surface area contributed by atoms with Gasteiger partial charge in [0.1, 0.15) is 6.54 Å². The van der Waals surface area contributed by atoms with Crippen LogP contribution in [0.4, 0.5) is 0 Å². The van der Waals surface area contributed by atoms with Crippen molar-refractivity contribution in [3.63, 3.8) is 0 Å². The molecule has 4 rings (SSSR count). The highest BCUT2D eigenvalue weighted by Crippen LogP contribution is 2.36. The van der Waals surface area contributed by atoms with Crippen molar-refractivity contribution in [2.75, 3.05) is 0 Å². The van der Waals surface area contributed by atoms with Gasteiger partial charge in [-0.25, -0.2) is 9.48 Å². The lowest BCUT2D eigenvalue weighted by Gasteiger charge is -2.08. The second-order valence-electron chi connectivity index (χ2n) is 6.85. The number of halogens is 3. The Bertz CT molecular complexity index is 1100. The van der Waals surface area contributed by atoms with Gasteiger partial charge in [-0.3, -0.25) is 9.36 Å². The maximum absolute atomic E-state index is 12.8. The number of carbonyl (C=O) groups is 1. The highest BCUT2D eigenvalue weighted by Gasteiger charge is 2.30. The molecule has 2 aromatic carbocycles. The number of benzene rings is 2. The van der Waals surface area contributed by atoms with Crippen LogP contribution in [0.15, 0.2) is 47.3 Å². The minimum absolute atomic E-state index is 0.118. The summed E-state index contributed by atoms with van der Waals surface area (Å²) in [6.45, 7) is -0.0271. The Hall–Kier alpha value is -2.28. The van der Waals surface area contributed by atoms with Crippen molar-refractivity contribution in [2.45, 2.75) is 32.0 Å². The fourth-order valence-electron chi connectivity index (χ4n) is 3.06. The number of amides is 1. The van der Waals surface area contributed by atoms with Gasteiger partial charge in [-0.2, -0.15) is 0 Å². The van der Waals surface area contributed by atoms with E-state index in [1.807, 2.05) is 12.1 Å². The Kier molecular flexibility index (Phi) is 5.67. The van der Waals surface area contributed by atoms with Crippen LogP contribution in [0, 0.1) is 0 Å². The molecule has 1 heterocycles. The third kappa shape index (κ3) is 4.34. The number of hydrogen-bond acceptors (Lipinski definition) is 3. The summed E-state index contributed by atoms with van der Waals surface area (Å²) in [7, 11) is 0. The van der Waals surface area contributed by atoms with Gasteiger partial charge in [-0.15, -0.1) is 5.10 Å². The topological polar surface area (TPSA) is 68.9 Å². The van der Waals surface area contributed by atoms with Crippen LogP contribution < -0.4 is 11.0 Å². The molecule has 1 fully saturated rings. The predicted molar refractivity (Wildman–Crippen MR) is 114 cm³/mol. The maximum Gasteiger partial charge on any atom is 0.346 e. The summed E-state index contributed by atoms with van der Waals surface area (Å²) in [5.74, 6) is 0.183. The number of rotatable bonds is 6. The van der Waals surface area contributed by atoms with Crippen LogP contribution in [0.2, 0.25) is 15.1 Å². The average Bonchev–Trinajstić information content (AvgIpc) is 3.47. The summed E-state index contributed by atoms with van der Waals surface area (Å²) in [6.07, 6.45) is 1.84. The van der Waals surface area contributed by atoms with Crippen LogP contribution in [0.25, 0.3) is 11.4 Å². The molecule has 1 N–H and O–H groups in total. The van der Waals surface area contributed by atoms with Gasteiger partial charge >= 0.3 is 5.69 Å². The maximum atomic E-state index is 12.8. The highest BCUT2D eigenvalue weighted by molar-refractivity contribution is 6.36. The molecule has 1 saturated carbocycles. The number of hydrogen-bond donors (Lipinski definition) is 1. The number of nitrogens with one attached hydrogen (secondary N) is 1. The standard InChI is InChI=1S/C20H17Cl3N4O2/c21-13-6-4-12(5-7-13)19-25-26(20(29)27(19)14-8-9-14)11-18(28)24-10-15-16(22)2-1-3-17(15)23/h1-7,14H,8-11H2,(H,24,28). The SMILES string of the molecule is O=C(Cn1nc(-c2ccc(Cl)cc2)n(C2CC2)c1=O)NCc1c(Cl)cccc1Cl. The van der Waals surface area contributed by atoms with E-state index in [9.17, 15) is 9.59 Å². The number of carbonyl (C=O) groups excluding carboxylic acids is 1. The number of aromatic nitrogens is 3. The summed E-state index contributed by atoms with van der Waals surface area (Å²) in [5, 5.41) is 8.70. The lowest BCUT2D eigenvalue weighted by molar-refractivity contribution is -0.122. The Labute approximate surface area is 182 Å². The molecule has 0 unspecified atom stereocenters. The molecular formula is C20H17Cl3N4O2. The van der Waals surface area contributed by atoms with Crippen LogP contribution in [0.5, 0.6) is 0 Å². The molecule has 29 heavy (non-hydrogen) atoms. The van der Waals surface area contributed by atoms with Gasteiger partial charge in [0.05, 0.1) is 0 Å². The zero-order valence-electron chi connectivity index (χ0n) is 15.2. The van der Waals surface area contributed by atoms with Crippen molar-refractivity contribution in [2.24, 2.45) is 0 Å². The second kappa shape index (κ2) is 8.22. The molecule has 0 atom stereocenters. The summed E-state index contributed by atoms with van der Waals surface area (Å²) >= 11 is 18.2. The molecule has 0 saturated heterocycles. The Morgan fingerprint density at radius 2 is 1.72 bits per heavy atom. The van der Waals surface area contributed by atoms with E-state index >= 15 is 0 Å². The van der Waals surface area contributed by atoms with Gasteiger partial charge in [0.15, 0.2) is 5.82 Å². The molecule has 0 radical (unpaired) electrons. The zero-order chi connectivity index (χ0) is 20.5. The van der Waals surface area contributed by atoms with Crippen molar-refractivity contribution in [1.29, 1.82) is 0 Å². The Morgan fingerprint density at radius 3 is 2.34 bits per heavy atom. The summed E-state index contributed by atoms with van der Waals surface area (Å²) < 4.78 is 2.84. The third-order valence-electron chi connectivity index (χ3n) is 4.70. The summed E-state index contributed by atoms with van der Waals surface area (Å²) in [5.41, 5.74) is 1.10. The van der Waals surface area contributed by atoms with Crippen molar-refractivity contribution in [3.05, 3.63) is 73.6 Å². The quantitative estimate of drug-likeness (QED) is 0.607. The molecule has 1 aliphatic rings. The van der Waals surface area contributed by atoms with E-state index in [4.69, 9.17) is 34.8 Å². The first-order chi connectivity index (χ1) is 13.9. The van der Waals surface area contributed by atoms with Gasteiger partial charge in [-0.05, 0) is 49.2 Å². The molecule has 0 spiro atoms. The van der Waals surface area contributed by atoms with Gasteiger partial charge in [0, 0.05) is 38.8 Å². The molecule has 9 heteroatoms. The first-order valence-corrected chi connectivity index (χ1v) is 10.2. The molecule has 0 bridgehead atoms.